The highest BCUT2D eigenvalue weighted by Crippen LogP contribution is 2.22. The first-order valence-electron chi connectivity index (χ1n) is 5.37. The summed E-state index contributed by atoms with van der Waals surface area (Å²) in [6.45, 7) is 6.25. The van der Waals surface area contributed by atoms with Gasteiger partial charge in [0.15, 0.2) is 0 Å². The van der Waals surface area contributed by atoms with E-state index >= 15 is 0 Å². The fraction of sp³-hybridized carbons (Fsp3) is 0.583. The Bertz CT molecular complexity index is 307. The molecule has 0 radical (unpaired) electrons. The highest BCUT2D eigenvalue weighted by molar-refractivity contribution is 5.38. The molecule has 2 nitrogen and oxygen atoms in total. The van der Waals surface area contributed by atoms with Gasteiger partial charge < -0.3 is 5.11 Å². The molecule has 0 aliphatic carbocycles. The minimum atomic E-state index is 0.182. The minimum Gasteiger partial charge on any atom is -0.493 e. The van der Waals surface area contributed by atoms with E-state index < -0.39 is 0 Å². The lowest BCUT2D eigenvalue weighted by molar-refractivity contribution is 0.447. The lowest BCUT2D eigenvalue weighted by Crippen LogP contribution is -1.98. The number of unbranched alkanes of at least 4 members (excludes halogenated alkanes) is 1. The van der Waals surface area contributed by atoms with Crippen molar-refractivity contribution in [3.05, 3.63) is 22.9 Å². The molecule has 0 amide bonds. The standard InChI is InChI=1S/C12H19NO/c1-4-6-7-10-8-13-12(14)9(3)11(10)5-2/h8H,4-7H2,1-3H3,(H,13,14). The molecule has 1 N–H and O–H groups in total. The number of aromatic hydroxyl groups is 1. The molecule has 1 aromatic heterocycles. The maximum absolute atomic E-state index is 9.47. The van der Waals surface area contributed by atoms with Crippen LogP contribution in [0.5, 0.6) is 5.88 Å². The van der Waals surface area contributed by atoms with Gasteiger partial charge >= 0.3 is 0 Å². The summed E-state index contributed by atoms with van der Waals surface area (Å²) in [5, 5.41) is 9.47. The van der Waals surface area contributed by atoms with Crippen LogP contribution in [0.25, 0.3) is 0 Å². The van der Waals surface area contributed by atoms with Crippen molar-refractivity contribution in [2.45, 2.75) is 46.5 Å². The molecule has 0 saturated carbocycles. The van der Waals surface area contributed by atoms with E-state index in [0.29, 0.717) is 0 Å². The molecule has 0 saturated heterocycles. The Kier molecular flexibility index (Phi) is 3.93. The van der Waals surface area contributed by atoms with E-state index in [-0.39, 0.29) is 5.88 Å². The number of hydrogen-bond donors (Lipinski definition) is 1. The summed E-state index contributed by atoms with van der Waals surface area (Å²) in [4.78, 5) is 4.00. The Hall–Kier alpha value is -1.05. The summed E-state index contributed by atoms with van der Waals surface area (Å²) in [6, 6.07) is 0. The first kappa shape index (κ1) is 11.0. The van der Waals surface area contributed by atoms with Gasteiger partial charge in [0.05, 0.1) is 0 Å². The van der Waals surface area contributed by atoms with E-state index in [9.17, 15) is 5.11 Å². The molecule has 0 aliphatic rings. The second kappa shape index (κ2) is 4.99. The minimum absolute atomic E-state index is 0.182. The maximum Gasteiger partial charge on any atom is 0.213 e. The van der Waals surface area contributed by atoms with Crippen LogP contribution in [0.1, 0.15) is 43.4 Å². The molecule has 0 aliphatic heterocycles. The van der Waals surface area contributed by atoms with Crippen molar-refractivity contribution in [3.8, 4) is 5.88 Å². The van der Waals surface area contributed by atoms with Gasteiger partial charge in [-0.25, -0.2) is 4.98 Å². The van der Waals surface area contributed by atoms with Crippen LogP contribution in [0.4, 0.5) is 0 Å². The molecule has 0 atom stereocenters. The van der Waals surface area contributed by atoms with Gasteiger partial charge in [-0.15, -0.1) is 0 Å². The van der Waals surface area contributed by atoms with Gasteiger partial charge in [0.25, 0.3) is 0 Å². The normalized spacial score (nSPS) is 10.5. The highest BCUT2D eigenvalue weighted by Gasteiger charge is 2.08. The second-order valence-electron chi connectivity index (χ2n) is 3.67. The fourth-order valence-electron chi connectivity index (χ4n) is 1.76. The van der Waals surface area contributed by atoms with Gasteiger partial charge in [-0.3, -0.25) is 0 Å². The van der Waals surface area contributed by atoms with Crippen LogP contribution in [0.15, 0.2) is 6.20 Å². The van der Waals surface area contributed by atoms with Crippen LogP contribution in [0.3, 0.4) is 0 Å². The summed E-state index contributed by atoms with van der Waals surface area (Å²) < 4.78 is 0. The zero-order valence-corrected chi connectivity index (χ0v) is 9.30. The lowest BCUT2D eigenvalue weighted by Gasteiger charge is -2.10. The molecule has 1 heterocycles. The van der Waals surface area contributed by atoms with E-state index in [0.717, 1.165) is 18.4 Å². The summed E-state index contributed by atoms with van der Waals surface area (Å²) >= 11 is 0. The van der Waals surface area contributed by atoms with Gasteiger partial charge in [0, 0.05) is 11.8 Å². The molecule has 0 bridgehead atoms. The van der Waals surface area contributed by atoms with E-state index in [1.807, 2.05) is 13.1 Å². The van der Waals surface area contributed by atoms with Crippen molar-refractivity contribution in [2.75, 3.05) is 0 Å². The third-order valence-electron chi connectivity index (χ3n) is 2.67. The summed E-state index contributed by atoms with van der Waals surface area (Å²) in [5.41, 5.74) is 3.51. The predicted molar refractivity (Wildman–Crippen MR) is 58.6 cm³/mol. The summed E-state index contributed by atoms with van der Waals surface area (Å²) in [6.07, 6.45) is 6.26. The van der Waals surface area contributed by atoms with Crippen molar-refractivity contribution in [1.29, 1.82) is 0 Å². The van der Waals surface area contributed by atoms with Crippen LogP contribution in [0.2, 0.25) is 0 Å². The number of aromatic nitrogens is 1. The quantitative estimate of drug-likeness (QED) is 0.797. The molecular weight excluding hydrogens is 174 g/mol. The Morgan fingerprint density at radius 1 is 1.36 bits per heavy atom. The number of aryl methyl sites for hydroxylation is 1. The van der Waals surface area contributed by atoms with E-state index in [4.69, 9.17) is 0 Å². The fourth-order valence-corrected chi connectivity index (χ4v) is 1.76. The Labute approximate surface area is 86.0 Å². The van der Waals surface area contributed by atoms with Crippen LogP contribution in [-0.2, 0) is 12.8 Å². The van der Waals surface area contributed by atoms with E-state index in [2.05, 4.69) is 18.8 Å². The Balaban J connectivity index is 2.98. The molecule has 1 aromatic rings. The molecule has 0 fully saturated rings. The van der Waals surface area contributed by atoms with Crippen molar-refractivity contribution in [1.82, 2.24) is 4.98 Å². The van der Waals surface area contributed by atoms with Crippen molar-refractivity contribution in [3.63, 3.8) is 0 Å². The van der Waals surface area contributed by atoms with Crippen molar-refractivity contribution >= 4 is 0 Å². The van der Waals surface area contributed by atoms with Crippen LogP contribution in [0, 0.1) is 6.92 Å². The molecule has 2 heteroatoms. The molecule has 1 rings (SSSR count). The molecule has 0 aromatic carbocycles. The Morgan fingerprint density at radius 3 is 2.64 bits per heavy atom. The monoisotopic (exact) mass is 193 g/mol. The summed E-state index contributed by atoms with van der Waals surface area (Å²) in [5.74, 6) is 0.182. The second-order valence-corrected chi connectivity index (χ2v) is 3.67. The molecule has 0 spiro atoms. The molecular formula is C12H19NO. The first-order valence-corrected chi connectivity index (χ1v) is 5.37. The first-order chi connectivity index (χ1) is 6.70. The van der Waals surface area contributed by atoms with Gasteiger partial charge in [-0.2, -0.15) is 0 Å². The average Bonchev–Trinajstić information content (AvgIpc) is 2.20. The Morgan fingerprint density at radius 2 is 2.07 bits per heavy atom. The third-order valence-corrected chi connectivity index (χ3v) is 2.67. The largest absolute Gasteiger partial charge is 0.493 e. The zero-order chi connectivity index (χ0) is 10.6. The number of nitrogens with zero attached hydrogens (tertiary/aromatic N) is 1. The molecule has 14 heavy (non-hydrogen) atoms. The van der Waals surface area contributed by atoms with Crippen LogP contribution in [-0.4, -0.2) is 10.1 Å². The van der Waals surface area contributed by atoms with E-state index in [1.165, 1.54) is 24.0 Å². The van der Waals surface area contributed by atoms with Crippen LogP contribution < -0.4 is 0 Å². The van der Waals surface area contributed by atoms with E-state index in [1.54, 1.807) is 0 Å². The van der Waals surface area contributed by atoms with Crippen molar-refractivity contribution < 1.29 is 5.11 Å². The molecule has 78 valence electrons. The number of pyridine rings is 1. The molecule has 0 unspecified atom stereocenters. The van der Waals surface area contributed by atoms with Crippen molar-refractivity contribution in [2.24, 2.45) is 0 Å². The van der Waals surface area contributed by atoms with Gasteiger partial charge in [0.2, 0.25) is 5.88 Å². The topological polar surface area (TPSA) is 33.1 Å². The lowest BCUT2D eigenvalue weighted by atomic mass is 9.98. The van der Waals surface area contributed by atoms with Gasteiger partial charge in [-0.05, 0) is 37.3 Å². The zero-order valence-electron chi connectivity index (χ0n) is 9.30. The number of rotatable bonds is 4. The average molecular weight is 193 g/mol. The highest BCUT2D eigenvalue weighted by atomic mass is 16.3. The third kappa shape index (κ3) is 2.25. The predicted octanol–water partition coefficient (Wildman–Crippen LogP) is 3.00. The smallest absolute Gasteiger partial charge is 0.213 e. The summed E-state index contributed by atoms with van der Waals surface area (Å²) in [7, 11) is 0. The van der Waals surface area contributed by atoms with Gasteiger partial charge in [0.1, 0.15) is 0 Å². The SMILES string of the molecule is CCCCc1cnc(O)c(C)c1CC. The van der Waals surface area contributed by atoms with Gasteiger partial charge in [-0.1, -0.05) is 20.3 Å². The van der Waals surface area contributed by atoms with Crippen LogP contribution >= 0.6 is 0 Å². The number of hydrogen-bond acceptors (Lipinski definition) is 2. The maximum atomic E-state index is 9.47.